The van der Waals surface area contributed by atoms with Crippen LogP contribution in [0.15, 0.2) is 55.4 Å². The Bertz CT molecular complexity index is 1180. The predicted molar refractivity (Wildman–Crippen MR) is 133 cm³/mol. The van der Waals surface area contributed by atoms with Crippen LogP contribution < -0.4 is 21.3 Å². The second-order valence-electron chi connectivity index (χ2n) is 8.93. The highest BCUT2D eigenvalue weighted by molar-refractivity contribution is 5.99. The van der Waals surface area contributed by atoms with E-state index in [4.69, 9.17) is 0 Å². The van der Waals surface area contributed by atoms with Crippen molar-refractivity contribution in [1.29, 1.82) is 0 Å². The average Bonchev–Trinajstić information content (AvgIpc) is 3.25. The summed E-state index contributed by atoms with van der Waals surface area (Å²) in [7, 11) is 0. The molecule has 4 rings (SSSR count). The normalized spacial score (nSPS) is 12.5. The number of carbonyl (C=O) groups excluding carboxylic acids is 1. The maximum atomic E-state index is 12.7. The number of pyridine rings is 1. The Balaban J connectivity index is 1.65. The van der Waals surface area contributed by atoms with Crippen molar-refractivity contribution >= 4 is 34.7 Å². The van der Waals surface area contributed by atoms with E-state index in [2.05, 4.69) is 69.6 Å². The molecule has 1 aliphatic rings. The maximum Gasteiger partial charge on any atom is 0.256 e. The first kappa shape index (κ1) is 22.3. The molecule has 4 N–H and O–H groups in total. The fourth-order valence-electron chi connectivity index (χ4n) is 3.52. The molecule has 8 heteroatoms. The number of carbonyl (C=O) groups is 1. The molecule has 0 radical (unpaired) electrons. The number of nitrogens with one attached hydrogen (secondary N) is 4. The Kier molecular flexibility index (Phi) is 6.26. The number of amides is 1. The van der Waals surface area contributed by atoms with Crippen molar-refractivity contribution in [2.45, 2.75) is 32.6 Å². The van der Waals surface area contributed by atoms with Crippen molar-refractivity contribution in [3.05, 3.63) is 72.2 Å². The lowest BCUT2D eigenvalue weighted by atomic mass is 9.91. The molecule has 1 aromatic carbocycles. The number of nitrogens with zero attached hydrogens (tertiary/aromatic N) is 3. The smallest absolute Gasteiger partial charge is 0.256 e. The van der Waals surface area contributed by atoms with Gasteiger partial charge in [-0.05, 0) is 36.2 Å². The van der Waals surface area contributed by atoms with Gasteiger partial charge < -0.3 is 21.3 Å². The van der Waals surface area contributed by atoms with Crippen LogP contribution in [0.4, 0.5) is 28.8 Å². The summed E-state index contributed by atoms with van der Waals surface area (Å²) < 4.78 is 0. The molecule has 8 nitrogen and oxygen atoms in total. The summed E-state index contributed by atoms with van der Waals surface area (Å²) >= 11 is 0. The molecule has 0 unspecified atom stereocenters. The lowest BCUT2D eigenvalue weighted by molar-refractivity contribution is 0.0958. The van der Waals surface area contributed by atoms with Crippen molar-refractivity contribution in [2.24, 2.45) is 0 Å². The summed E-state index contributed by atoms with van der Waals surface area (Å²) in [4.78, 5) is 26.2. The molecule has 3 aromatic rings. The zero-order valence-electron chi connectivity index (χ0n) is 19.2. The Labute approximate surface area is 194 Å². The number of benzene rings is 1. The van der Waals surface area contributed by atoms with E-state index >= 15 is 0 Å². The predicted octanol–water partition coefficient (Wildman–Crippen LogP) is 4.54. The first-order chi connectivity index (χ1) is 15.8. The zero-order valence-corrected chi connectivity index (χ0v) is 19.2. The third-order valence-corrected chi connectivity index (χ3v) is 5.31. The standard InChI is InChI=1S/C25H29N7O/c1-5-10-28-23(33)19-15-29-24(31-17-7-6-16-8-11-26-20(16)13-17)32-22(19)30-18-9-12-27-21(14-18)25(2,3)4/h5-7,9,12-15,26H,1,8,10-11H2,2-4H3,(H,28,33)(H2,27,29,30,31,32). The van der Waals surface area contributed by atoms with Gasteiger partial charge >= 0.3 is 0 Å². The van der Waals surface area contributed by atoms with Crippen LogP contribution in [-0.4, -0.2) is 33.9 Å². The van der Waals surface area contributed by atoms with Gasteiger partial charge in [0.15, 0.2) is 0 Å². The van der Waals surface area contributed by atoms with E-state index in [1.807, 2.05) is 24.3 Å². The molecule has 0 bridgehead atoms. The van der Waals surface area contributed by atoms with E-state index in [1.54, 1.807) is 12.3 Å². The van der Waals surface area contributed by atoms with Gasteiger partial charge in [0.2, 0.25) is 5.95 Å². The van der Waals surface area contributed by atoms with Crippen LogP contribution in [0.2, 0.25) is 0 Å². The minimum absolute atomic E-state index is 0.109. The van der Waals surface area contributed by atoms with Crippen LogP contribution in [-0.2, 0) is 11.8 Å². The van der Waals surface area contributed by atoms with E-state index in [-0.39, 0.29) is 11.3 Å². The molecule has 33 heavy (non-hydrogen) atoms. The number of fused-ring (bicyclic) bond motifs is 1. The van der Waals surface area contributed by atoms with Gasteiger partial charge in [0.25, 0.3) is 5.91 Å². The van der Waals surface area contributed by atoms with Crippen molar-refractivity contribution < 1.29 is 4.79 Å². The Morgan fingerprint density at radius 1 is 1.15 bits per heavy atom. The van der Waals surface area contributed by atoms with Gasteiger partial charge in [0.05, 0.1) is 0 Å². The number of anilines is 5. The van der Waals surface area contributed by atoms with Crippen LogP contribution in [0.25, 0.3) is 0 Å². The molecule has 1 amide bonds. The van der Waals surface area contributed by atoms with Crippen molar-refractivity contribution in [3.8, 4) is 0 Å². The Morgan fingerprint density at radius 3 is 2.76 bits per heavy atom. The maximum absolute atomic E-state index is 12.7. The quantitative estimate of drug-likeness (QED) is 0.398. The molecular weight excluding hydrogens is 414 g/mol. The first-order valence-electron chi connectivity index (χ1n) is 11.0. The molecule has 0 saturated carbocycles. The minimum atomic E-state index is -0.282. The van der Waals surface area contributed by atoms with Gasteiger partial charge in [0, 0.05) is 53.7 Å². The first-order valence-corrected chi connectivity index (χ1v) is 11.0. The van der Waals surface area contributed by atoms with Crippen LogP contribution in [0, 0.1) is 0 Å². The third kappa shape index (κ3) is 5.28. The fourth-order valence-corrected chi connectivity index (χ4v) is 3.52. The Hall–Kier alpha value is -3.94. The lowest BCUT2D eigenvalue weighted by Gasteiger charge is -2.19. The van der Waals surface area contributed by atoms with Crippen molar-refractivity contribution in [2.75, 3.05) is 29.0 Å². The van der Waals surface area contributed by atoms with Gasteiger partial charge in [-0.25, -0.2) is 4.98 Å². The highest BCUT2D eigenvalue weighted by Gasteiger charge is 2.18. The summed E-state index contributed by atoms with van der Waals surface area (Å²) in [5.41, 5.74) is 5.24. The molecule has 0 spiro atoms. The van der Waals surface area contributed by atoms with Crippen LogP contribution >= 0.6 is 0 Å². The minimum Gasteiger partial charge on any atom is -0.384 e. The highest BCUT2D eigenvalue weighted by atomic mass is 16.1. The molecule has 1 aliphatic heterocycles. The topological polar surface area (TPSA) is 104 Å². The van der Waals surface area contributed by atoms with Gasteiger partial charge in [0.1, 0.15) is 11.4 Å². The van der Waals surface area contributed by atoms with E-state index in [1.165, 1.54) is 11.8 Å². The molecule has 2 aromatic heterocycles. The van der Waals surface area contributed by atoms with Crippen LogP contribution in [0.1, 0.15) is 42.4 Å². The van der Waals surface area contributed by atoms with E-state index in [0.29, 0.717) is 23.9 Å². The SMILES string of the molecule is C=CCNC(=O)c1cnc(Nc2ccc3c(c2)NCC3)nc1Nc1ccnc(C(C)(C)C)c1. The second-order valence-corrected chi connectivity index (χ2v) is 8.93. The number of aromatic nitrogens is 3. The average molecular weight is 444 g/mol. The van der Waals surface area contributed by atoms with Gasteiger partial charge in [-0.15, -0.1) is 6.58 Å². The van der Waals surface area contributed by atoms with E-state index in [0.717, 1.165) is 35.7 Å². The van der Waals surface area contributed by atoms with Crippen LogP contribution in [0.3, 0.4) is 0 Å². The fraction of sp³-hybridized carbons (Fsp3) is 0.280. The summed E-state index contributed by atoms with van der Waals surface area (Å²) in [6, 6.07) is 9.96. The van der Waals surface area contributed by atoms with Gasteiger partial charge in [-0.1, -0.05) is 32.9 Å². The van der Waals surface area contributed by atoms with Gasteiger partial charge in [-0.2, -0.15) is 4.98 Å². The van der Waals surface area contributed by atoms with E-state index < -0.39 is 0 Å². The third-order valence-electron chi connectivity index (χ3n) is 5.31. The molecular formula is C25H29N7O. The van der Waals surface area contributed by atoms with Gasteiger partial charge in [-0.3, -0.25) is 9.78 Å². The number of hydrogen-bond acceptors (Lipinski definition) is 7. The zero-order chi connectivity index (χ0) is 23.4. The molecule has 3 heterocycles. The number of hydrogen-bond donors (Lipinski definition) is 4. The van der Waals surface area contributed by atoms with Crippen molar-refractivity contribution in [1.82, 2.24) is 20.3 Å². The second kappa shape index (κ2) is 9.28. The highest BCUT2D eigenvalue weighted by Crippen LogP contribution is 2.28. The Morgan fingerprint density at radius 2 is 1.97 bits per heavy atom. The summed E-state index contributed by atoms with van der Waals surface area (Å²) in [5.74, 6) is 0.510. The largest absolute Gasteiger partial charge is 0.384 e. The molecule has 170 valence electrons. The monoisotopic (exact) mass is 443 g/mol. The lowest BCUT2D eigenvalue weighted by Crippen LogP contribution is -2.25. The summed E-state index contributed by atoms with van der Waals surface area (Å²) in [6.07, 6.45) is 5.92. The molecule has 0 saturated heterocycles. The number of rotatable bonds is 7. The van der Waals surface area contributed by atoms with Crippen LogP contribution in [0.5, 0.6) is 0 Å². The summed E-state index contributed by atoms with van der Waals surface area (Å²) in [5, 5.41) is 12.7. The van der Waals surface area contributed by atoms with Crippen molar-refractivity contribution in [3.63, 3.8) is 0 Å². The van der Waals surface area contributed by atoms with E-state index in [9.17, 15) is 4.79 Å². The molecule has 0 fully saturated rings. The summed E-state index contributed by atoms with van der Waals surface area (Å²) in [6.45, 7) is 11.3. The molecule has 0 aliphatic carbocycles. The molecule has 0 atom stereocenters.